The SMILES string of the molecule is CC1=C(c2nc(-c3cccc(F)c3)no2)C(c2ccc(C)cc2)NC(=O)N1Cc1ccccc1Cl. The van der Waals surface area contributed by atoms with E-state index in [4.69, 9.17) is 16.1 Å². The Kier molecular flexibility index (Phi) is 6.09. The van der Waals surface area contributed by atoms with Gasteiger partial charge in [-0.1, -0.05) is 76.9 Å². The van der Waals surface area contributed by atoms with Crippen molar-refractivity contribution in [2.24, 2.45) is 0 Å². The van der Waals surface area contributed by atoms with Gasteiger partial charge < -0.3 is 9.84 Å². The molecular formula is C27H22ClFN4O2. The van der Waals surface area contributed by atoms with E-state index in [0.717, 1.165) is 16.7 Å². The normalized spacial score (nSPS) is 15.9. The minimum Gasteiger partial charge on any atom is -0.334 e. The fourth-order valence-corrected chi connectivity index (χ4v) is 4.33. The van der Waals surface area contributed by atoms with Crippen molar-refractivity contribution in [2.75, 3.05) is 0 Å². The topological polar surface area (TPSA) is 71.3 Å². The summed E-state index contributed by atoms with van der Waals surface area (Å²) >= 11 is 6.37. The Balaban J connectivity index is 1.61. The summed E-state index contributed by atoms with van der Waals surface area (Å²) in [6.07, 6.45) is 0. The number of carbonyl (C=O) groups is 1. The maximum Gasteiger partial charge on any atom is 0.322 e. The van der Waals surface area contributed by atoms with Gasteiger partial charge in [-0.25, -0.2) is 9.18 Å². The van der Waals surface area contributed by atoms with Gasteiger partial charge in [0.15, 0.2) is 0 Å². The van der Waals surface area contributed by atoms with Gasteiger partial charge in [0.2, 0.25) is 5.82 Å². The van der Waals surface area contributed by atoms with Crippen LogP contribution >= 0.6 is 11.6 Å². The number of rotatable bonds is 5. The van der Waals surface area contributed by atoms with Crippen molar-refractivity contribution in [1.29, 1.82) is 0 Å². The Morgan fingerprint density at radius 2 is 1.83 bits per heavy atom. The van der Waals surface area contributed by atoms with E-state index in [1.54, 1.807) is 23.1 Å². The van der Waals surface area contributed by atoms with Gasteiger partial charge in [0.1, 0.15) is 5.82 Å². The number of urea groups is 1. The second-order valence-electron chi connectivity index (χ2n) is 8.40. The number of aromatic nitrogens is 2. The number of allylic oxidation sites excluding steroid dienone is 1. The van der Waals surface area contributed by atoms with E-state index in [1.807, 2.05) is 56.3 Å². The quantitative estimate of drug-likeness (QED) is 0.346. The average molecular weight is 489 g/mol. The summed E-state index contributed by atoms with van der Waals surface area (Å²) in [4.78, 5) is 19.4. The fraction of sp³-hybridized carbons (Fsp3) is 0.148. The summed E-state index contributed by atoms with van der Waals surface area (Å²) in [5, 5.41) is 7.73. The standard InChI is InChI=1S/C27H22ClFN4O2/c1-16-10-12-18(13-11-16)24-23(26-31-25(32-35-26)19-7-5-8-21(29)14-19)17(2)33(27(34)30-24)15-20-6-3-4-9-22(20)28/h3-14,24H,15H2,1-2H3,(H,30,34). The van der Waals surface area contributed by atoms with Crippen molar-refractivity contribution in [3.63, 3.8) is 0 Å². The first kappa shape index (κ1) is 22.8. The molecule has 4 aromatic rings. The molecule has 1 aliphatic heterocycles. The summed E-state index contributed by atoms with van der Waals surface area (Å²) in [5.74, 6) is 0.117. The predicted molar refractivity (Wildman–Crippen MR) is 132 cm³/mol. The van der Waals surface area contributed by atoms with E-state index in [0.29, 0.717) is 21.9 Å². The fourth-order valence-electron chi connectivity index (χ4n) is 4.13. The largest absolute Gasteiger partial charge is 0.334 e. The van der Waals surface area contributed by atoms with Gasteiger partial charge in [-0.2, -0.15) is 4.98 Å². The maximum absolute atomic E-state index is 13.8. The van der Waals surface area contributed by atoms with E-state index >= 15 is 0 Å². The second kappa shape index (κ2) is 9.35. The number of hydrogen-bond acceptors (Lipinski definition) is 4. The zero-order chi connectivity index (χ0) is 24.5. The van der Waals surface area contributed by atoms with Crippen LogP contribution in [0.1, 0.15) is 35.5 Å². The number of amides is 2. The van der Waals surface area contributed by atoms with Gasteiger partial charge in [-0.05, 0) is 43.2 Å². The number of aryl methyl sites for hydroxylation is 1. The maximum atomic E-state index is 13.8. The minimum absolute atomic E-state index is 0.247. The first-order chi connectivity index (χ1) is 16.9. The molecule has 2 heterocycles. The van der Waals surface area contributed by atoms with Crippen LogP contribution in [0.5, 0.6) is 0 Å². The highest BCUT2D eigenvalue weighted by Crippen LogP contribution is 2.38. The molecule has 1 atom stereocenters. The average Bonchev–Trinajstić information content (AvgIpc) is 3.33. The Hall–Kier alpha value is -3.97. The monoisotopic (exact) mass is 488 g/mol. The van der Waals surface area contributed by atoms with Gasteiger partial charge in [0.05, 0.1) is 18.2 Å². The Labute approximate surface area is 207 Å². The van der Waals surface area contributed by atoms with Gasteiger partial charge in [-0.15, -0.1) is 0 Å². The summed E-state index contributed by atoms with van der Waals surface area (Å²) < 4.78 is 19.4. The van der Waals surface area contributed by atoms with Crippen LogP contribution in [0.25, 0.3) is 17.0 Å². The summed E-state index contributed by atoms with van der Waals surface area (Å²) in [7, 11) is 0. The molecule has 0 radical (unpaired) electrons. The van der Waals surface area contributed by atoms with Crippen molar-refractivity contribution in [3.05, 3.63) is 112 Å². The van der Waals surface area contributed by atoms with Crippen molar-refractivity contribution in [1.82, 2.24) is 20.4 Å². The number of halogens is 2. The van der Waals surface area contributed by atoms with Crippen LogP contribution in [0.3, 0.4) is 0 Å². The zero-order valence-corrected chi connectivity index (χ0v) is 19.9. The van der Waals surface area contributed by atoms with E-state index in [-0.39, 0.29) is 24.3 Å². The Morgan fingerprint density at radius 3 is 2.57 bits per heavy atom. The van der Waals surface area contributed by atoms with Crippen LogP contribution in [-0.4, -0.2) is 21.1 Å². The van der Waals surface area contributed by atoms with E-state index in [2.05, 4.69) is 15.5 Å². The lowest BCUT2D eigenvalue weighted by Crippen LogP contribution is -2.45. The lowest BCUT2D eigenvalue weighted by atomic mass is 9.94. The molecular weight excluding hydrogens is 467 g/mol. The molecule has 6 nitrogen and oxygen atoms in total. The second-order valence-corrected chi connectivity index (χ2v) is 8.81. The molecule has 35 heavy (non-hydrogen) atoms. The molecule has 2 amide bonds. The molecule has 0 saturated carbocycles. The number of nitrogens with zero attached hydrogens (tertiary/aromatic N) is 3. The molecule has 1 aromatic heterocycles. The number of benzene rings is 3. The van der Waals surface area contributed by atoms with Gasteiger partial charge in [0, 0.05) is 16.3 Å². The van der Waals surface area contributed by atoms with Gasteiger partial charge >= 0.3 is 6.03 Å². The first-order valence-electron chi connectivity index (χ1n) is 11.1. The number of carbonyl (C=O) groups excluding carboxylic acids is 1. The highest BCUT2D eigenvalue weighted by Gasteiger charge is 2.36. The van der Waals surface area contributed by atoms with Crippen LogP contribution in [0.4, 0.5) is 9.18 Å². The predicted octanol–water partition coefficient (Wildman–Crippen LogP) is 6.54. The molecule has 0 bridgehead atoms. The highest BCUT2D eigenvalue weighted by molar-refractivity contribution is 6.31. The van der Waals surface area contributed by atoms with E-state index in [1.165, 1.54) is 12.1 Å². The third-order valence-electron chi connectivity index (χ3n) is 6.03. The van der Waals surface area contributed by atoms with Crippen LogP contribution in [0.2, 0.25) is 5.02 Å². The molecule has 1 unspecified atom stereocenters. The third kappa shape index (κ3) is 4.55. The Bertz CT molecular complexity index is 1430. The lowest BCUT2D eigenvalue weighted by molar-refractivity contribution is 0.203. The molecule has 1 aliphatic rings. The van der Waals surface area contributed by atoms with Crippen LogP contribution in [-0.2, 0) is 6.54 Å². The van der Waals surface area contributed by atoms with Crippen molar-refractivity contribution in [2.45, 2.75) is 26.4 Å². The van der Waals surface area contributed by atoms with Crippen LogP contribution in [0, 0.1) is 12.7 Å². The molecule has 0 saturated heterocycles. The van der Waals surface area contributed by atoms with E-state index < -0.39 is 11.9 Å². The molecule has 0 fully saturated rings. The number of hydrogen-bond donors (Lipinski definition) is 1. The number of nitrogens with one attached hydrogen (secondary N) is 1. The molecule has 176 valence electrons. The van der Waals surface area contributed by atoms with Crippen molar-refractivity contribution in [3.8, 4) is 11.4 Å². The summed E-state index contributed by atoms with van der Waals surface area (Å²) in [6, 6.07) is 20.5. The molecule has 3 aromatic carbocycles. The Morgan fingerprint density at radius 1 is 1.06 bits per heavy atom. The molecule has 8 heteroatoms. The first-order valence-corrected chi connectivity index (χ1v) is 11.5. The molecule has 0 spiro atoms. The minimum atomic E-state index is -0.508. The van der Waals surface area contributed by atoms with Crippen LogP contribution in [0.15, 0.2) is 83.0 Å². The third-order valence-corrected chi connectivity index (χ3v) is 6.40. The van der Waals surface area contributed by atoms with Gasteiger partial charge in [-0.3, -0.25) is 4.90 Å². The highest BCUT2D eigenvalue weighted by atomic mass is 35.5. The zero-order valence-electron chi connectivity index (χ0n) is 19.1. The molecule has 0 aliphatic carbocycles. The smallest absolute Gasteiger partial charge is 0.322 e. The van der Waals surface area contributed by atoms with Gasteiger partial charge in [0.25, 0.3) is 5.89 Å². The van der Waals surface area contributed by atoms with E-state index in [9.17, 15) is 9.18 Å². The summed E-state index contributed by atoms with van der Waals surface area (Å²) in [6.45, 7) is 4.12. The summed E-state index contributed by atoms with van der Waals surface area (Å²) in [5.41, 5.74) is 4.61. The van der Waals surface area contributed by atoms with Crippen molar-refractivity contribution >= 4 is 23.2 Å². The molecule has 5 rings (SSSR count). The van der Waals surface area contributed by atoms with Crippen LogP contribution < -0.4 is 5.32 Å². The lowest BCUT2D eigenvalue weighted by Gasteiger charge is -2.35. The van der Waals surface area contributed by atoms with Crippen molar-refractivity contribution < 1.29 is 13.7 Å². The molecule has 1 N–H and O–H groups in total.